The molecule has 11 heavy (non-hydrogen) atoms. The van der Waals surface area contributed by atoms with Gasteiger partial charge in [-0.1, -0.05) is 6.42 Å². The number of carboxylic acid groups (broad SMARTS) is 1. The summed E-state index contributed by atoms with van der Waals surface area (Å²) in [6.07, 6.45) is 2.16. The van der Waals surface area contributed by atoms with Crippen molar-refractivity contribution in [1.82, 2.24) is 0 Å². The van der Waals surface area contributed by atoms with Crippen LogP contribution in [0.3, 0.4) is 0 Å². The zero-order valence-electron chi connectivity index (χ0n) is 6.27. The maximum Gasteiger partial charge on any atom is 2.00 e. The molecule has 1 unspecified atom stereocenters. The van der Waals surface area contributed by atoms with Crippen LogP contribution in [0.1, 0.15) is 19.3 Å². The van der Waals surface area contributed by atoms with Crippen molar-refractivity contribution in [3.05, 3.63) is 0 Å². The van der Waals surface area contributed by atoms with Gasteiger partial charge in [0.25, 0.3) is 0 Å². The topological polar surface area (TPSA) is 89.3 Å². The molecular formula is C6H14FeN2O2+2. The second kappa shape index (κ2) is 8.01. The Hall–Kier alpha value is -0.0905. The predicted octanol–water partition coefficient (Wildman–Crippen LogP) is -0.475. The summed E-state index contributed by atoms with van der Waals surface area (Å²) in [5, 5.41) is 8.33. The van der Waals surface area contributed by atoms with E-state index >= 15 is 0 Å². The van der Waals surface area contributed by atoms with Gasteiger partial charge in [-0.3, -0.25) is 4.79 Å². The van der Waals surface area contributed by atoms with Gasteiger partial charge in [0.15, 0.2) is 0 Å². The van der Waals surface area contributed by atoms with Gasteiger partial charge >= 0.3 is 23.0 Å². The Labute approximate surface area is 76.8 Å². The van der Waals surface area contributed by atoms with Crippen molar-refractivity contribution in [3.8, 4) is 0 Å². The smallest absolute Gasteiger partial charge is 0.480 e. The van der Waals surface area contributed by atoms with Crippen LogP contribution in [0.15, 0.2) is 0 Å². The Kier molecular flexibility index (Phi) is 9.83. The zero-order valence-corrected chi connectivity index (χ0v) is 7.37. The molecule has 0 bridgehead atoms. The second-order valence-corrected chi connectivity index (χ2v) is 2.23. The predicted molar refractivity (Wildman–Crippen MR) is 38.5 cm³/mol. The SMILES string of the molecule is NCCCCC(N)C(=O)O.[Fe+2]. The molecule has 4 nitrogen and oxygen atoms in total. The number of carbonyl (C=O) groups is 1. The minimum Gasteiger partial charge on any atom is -0.480 e. The van der Waals surface area contributed by atoms with Gasteiger partial charge in [0, 0.05) is 0 Å². The van der Waals surface area contributed by atoms with Crippen LogP contribution in [0.5, 0.6) is 0 Å². The van der Waals surface area contributed by atoms with Crippen LogP contribution in [-0.2, 0) is 21.9 Å². The molecule has 0 aromatic carbocycles. The molecule has 0 spiro atoms. The van der Waals surface area contributed by atoms with Crippen LogP contribution in [0.4, 0.5) is 0 Å². The first kappa shape index (κ1) is 13.5. The van der Waals surface area contributed by atoms with Gasteiger partial charge in [-0.25, -0.2) is 0 Å². The molecule has 0 aliphatic rings. The summed E-state index contributed by atoms with van der Waals surface area (Å²) in [7, 11) is 0. The Morgan fingerprint density at radius 1 is 1.45 bits per heavy atom. The number of aliphatic carboxylic acids is 1. The molecule has 66 valence electrons. The molecule has 0 aliphatic heterocycles. The molecule has 5 heteroatoms. The van der Waals surface area contributed by atoms with Gasteiger partial charge in [-0.2, -0.15) is 0 Å². The first-order valence-electron chi connectivity index (χ1n) is 3.37. The summed E-state index contributed by atoms with van der Waals surface area (Å²) in [5.74, 6) is -0.933. The minimum atomic E-state index is -0.933. The van der Waals surface area contributed by atoms with Crippen LogP contribution < -0.4 is 11.5 Å². The third-order valence-corrected chi connectivity index (χ3v) is 1.29. The monoisotopic (exact) mass is 202 g/mol. The van der Waals surface area contributed by atoms with Crippen LogP contribution >= 0.6 is 0 Å². The summed E-state index contributed by atoms with van der Waals surface area (Å²) in [6.45, 7) is 0.604. The van der Waals surface area contributed by atoms with Gasteiger partial charge in [-0.15, -0.1) is 0 Å². The standard InChI is InChI=1S/C6H14N2O2.Fe/c7-4-2-1-3-5(8)6(9)10;/h5H,1-4,7-8H2,(H,9,10);/q;+2. The first-order chi connectivity index (χ1) is 4.68. The van der Waals surface area contributed by atoms with Crippen molar-refractivity contribution in [1.29, 1.82) is 0 Å². The fourth-order valence-corrected chi connectivity index (χ4v) is 0.632. The summed E-state index contributed by atoms with van der Waals surface area (Å²) < 4.78 is 0. The van der Waals surface area contributed by atoms with Crippen molar-refractivity contribution in [2.24, 2.45) is 11.5 Å². The van der Waals surface area contributed by atoms with Crippen molar-refractivity contribution in [2.45, 2.75) is 25.3 Å². The second-order valence-electron chi connectivity index (χ2n) is 2.23. The van der Waals surface area contributed by atoms with Crippen LogP contribution in [0.2, 0.25) is 0 Å². The molecule has 0 rings (SSSR count). The van der Waals surface area contributed by atoms with Gasteiger partial charge in [-0.05, 0) is 19.4 Å². The molecular weight excluding hydrogens is 188 g/mol. The molecule has 0 aromatic rings. The molecule has 0 aromatic heterocycles. The van der Waals surface area contributed by atoms with E-state index in [0.29, 0.717) is 13.0 Å². The average Bonchev–Trinajstić information content (AvgIpc) is 1.88. The third-order valence-electron chi connectivity index (χ3n) is 1.29. The van der Waals surface area contributed by atoms with E-state index in [4.69, 9.17) is 16.6 Å². The number of unbranched alkanes of at least 4 members (excludes halogenated alkanes) is 1. The van der Waals surface area contributed by atoms with Crippen LogP contribution in [0, 0.1) is 0 Å². The van der Waals surface area contributed by atoms with Crippen molar-refractivity contribution >= 4 is 5.97 Å². The van der Waals surface area contributed by atoms with E-state index in [1.165, 1.54) is 0 Å². The Morgan fingerprint density at radius 3 is 2.36 bits per heavy atom. The fourth-order valence-electron chi connectivity index (χ4n) is 0.632. The van der Waals surface area contributed by atoms with E-state index < -0.39 is 12.0 Å². The van der Waals surface area contributed by atoms with Gasteiger partial charge < -0.3 is 16.6 Å². The molecule has 0 saturated heterocycles. The minimum absolute atomic E-state index is 0. The van der Waals surface area contributed by atoms with E-state index in [1.807, 2.05) is 0 Å². The average molecular weight is 202 g/mol. The molecule has 5 N–H and O–H groups in total. The fraction of sp³-hybridized carbons (Fsp3) is 0.833. The maximum atomic E-state index is 10.1. The first-order valence-corrected chi connectivity index (χ1v) is 3.37. The van der Waals surface area contributed by atoms with Crippen LogP contribution in [-0.4, -0.2) is 23.7 Å². The molecule has 0 aliphatic carbocycles. The summed E-state index contributed by atoms with van der Waals surface area (Å²) in [4.78, 5) is 10.1. The largest absolute Gasteiger partial charge is 2.00 e. The summed E-state index contributed by atoms with van der Waals surface area (Å²) in [6, 6.07) is -0.716. The summed E-state index contributed by atoms with van der Waals surface area (Å²) in [5.41, 5.74) is 10.4. The quantitative estimate of drug-likeness (QED) is 0.415. The van der Waals surface area contributed by atoms with E-state index in [1.54, 1.807) is 0 Å². The molecule has 0 heterocycles. The van der Waals surface area contributed by atoms with E-state index in [2.05, 4.69) is 0 Å². The molecule has 0 fully saturated rings. The number of nitrogens with two attached hydrogens (primary N) is 2. The van der Waals surface area contributed by atoms with Gasteiger partial charge in [0.2, 0.25) is 0 Å². The Bertz CT molecular complexity index is 111. The van der Waals surface area contributed by atoms with Crippen molar-refractivity contribution in [3.63, 3.8) is 0 Å². The maximum absolute atomic E-state index is 10.1. The number of rotatable bonds is 5. The number of hydrogen-bond donors (Lipinski definition) is 3. The normalized spacial score (nSPS) is 11.8. The van der Waals surface area contributed by atoms with E-state index in [9.17, 15) is 4.79 Å². The van der Waals surface area contributed by atoms with Crippen LogP contribution in [0.25, 0.3) is 0 Å². The van der Waals surface area contributed by atoms with E-state index in [0.717, 1.165) is 12.8 Å². The molecule has 0 saturated carbocycles. The molecule has 0 radical (unpaired) electrons. The summed E-state index contributed by atoms with van der Waals surface area (Å²) >= 11 is 0. The Balaban J connectivity index is 0. The van der Waals surface area contributed by atoms with Gasteiger partial charge in [0.1, 0.15) is 6.04 Å². The zero-order chi connectivity index (χ0) is 7.98. The van der Waals surface area contributed by atoms with E-state index in [-0.39, 0.29) is 17.1 Å². The third kappa shape index (κ3) is 7.81. The molecule has 1 atom stereocenters. The number of hydrogen-bond acceptors (Lipinski definition) is 3. The van der Waals surface area contributed by atoms with Crippen molar-refractivity contribution < 1.29 is 27.0 Å². The molecule has 0 amide bonds. The number of carboxylic acids is 1. The van der Waals surface area contributed by atoms with Gasteiger partial charge in [0.05, 0.1) is 0 Å². The van der Waals surface area contributed by atoms with Crippen molar-refractivity contribution in [2.75, 3.05) is 6.54 Å². The Morgan fingerprint density at radius 2 is 2.00 bits per heavy atom.